The molecule has 42 heavy (non-hydrogen) atoms. The predicted molar refractivity (Wildman–Crippen MR) is 150 cm³/mol. The van der Waals surface area contributed by atoms with Crippen molar-refractivity contribution in [2.24, 2.45) is 5.41 Å². The molecule has 0 aromatic heterocycles. The first-order valence-corrected chi connectivity index (χ1v) is 13.7. The Kier molecular flexibility index (Phi) is 6.36. The van der Waals surface area contributed by atoms with Gasteiger partial charge in [-0.25, -0.2) is 14.5 Å². The Morgan fingerprint density at radius 3 is 2.33 bits per heavy atom. The van der Waals surface area contributed by atoms with E-state index in [4.69, 9.17) is 4.74 Å². The fourth-order valence-electron chi connectivity index (χ4n) is 6.54. The van der Waals surface area contributed by atoms with Crippen LogP contribution >= 0.6 is 0 Å². The molecular formula is C30H29N5O7. The van der Waals surface area contributed by atoms with Crippen LogP contribution in [0.2, 0.25) is 0 Å². The lowest BCUT2D eigenvalue weighted by atomic mass is 9.68. The molecule has 3 fully saturated rings. The van der Waals surface area contributed by atoms with Crippen LogP contribution in [0.5, 0.6) is 5.75 Å². The van der Waals surface area contributed by atoms with E-state index >= 15 is 0 Å². The third-order valence-electron chi connectivity index (χ3n) is 8.47. The summed E-state index contributed by atoms with van der Waals surface area (Å²) in [5.41, 5.74) is 0.574. The summed E-state index contributed by atoms with van der Waals surface area (Å²) in [4.78, 5) is 83.6. The Balaban J connectivity index is 1.37. The van der Waals surface area contributed by atoms with Crippen LogP contribution in [0.4, 0.5) is 21.0 Å². The molecule has 3 saturated heterocycles. The summed E-state index contributed by atoms with van der Waals surface area (Å²) < 4.78 is 5.43. The molecule has 2 aromatic carbocycles. The molecular weight excluding hydrogens is 542 g/mol. The summed E-state index contributed by atoms with van der Waals surface area (Å²) in [6, 6.07) is 9.78. The highest BCUT2D eigenvalue weighted by molar-refractivity contribution is 6.39. The van der Waals surface area contributed by atoms with Crippen LogP contribution in [-0.2, 0) is 25.6 Å². The van der Waals surface area contributed by atoms with Crippen LogP contribution in [0, 0.1) is 5.41 Å². The minimum atomic E-state index is -1.47. The second-order valence-corrected chi connectivity index (χ2v) is 10.8. The average Bonchev–Trinajstić information content (AvgIpc) is 3.48. The summed E-state index contributed by atoms with van der Waals surface area (Å²) in [6.07, 6.45) is 2.87. The number of ether oxygens (including phenoxy) is 1. The minimum Gasteiger partial charge on any atom is -0.494 e. The number of benzene rings is 2. The van der Waals surface area contributed by atoms with Crippen LogP contribution < -0.4 is 19.9 Å². The van der Waals surface area contributed by atoms with Crippen LogP contribution in [0.15, 0.2) is 48.0 Å². The van der Waals surface area contributed by atoms with E-state index in [9.17, 15) is 28.8 Å². The number of nitrogens with one attached hydrogen (secondary N) is 1. The van der Waals surface area contributed by atoms with Crippen molar-refractivity contribution in [1.29, 1.82) is 0 Å². The fourth-order valence-corrected chi connectivity index (χ4v) is 6.54. The molecule has 4 aliphatic rings. The molecule has 0 bridgehead atoms. The molecule has 12 heteroatoms. The number of barbiturate groups is 2. The van der Waals surface area contributed by atoms with E-state index in [0.717, 1.165) is 26.8 Å². The molecule has 216 valence electrons. The van der Waals surface area contributed by atoms with Gasteiger partial charge < -0.3 is 9.64 Å². The van der Waals surface area contributed by atoms with Crippen LogP contribution in [0.25, 0.3) is 6.08 Å². The average molecular weight is 572 g/mol. The minimum absolute atomic E-state index is 0.0665. The standard InChI is InChI=1S/C30H29N5O7/c1-4-42-20-10-8-19(9-11-20)35-25(37)21(24(36)31-28(35)40)15-17-7-12-22-18(14-17)16-30(23-6-5-13-34(22)23)26(38)32(2)29(41)33(3)27(30)39/h7-12,14-15,23H,4-6,13,16H2,1-3H3,(H,31,36,40)/b21-15+/t23-/m0/s1. The lowest BCUT2D eigenvalue weighted by Gasteiger charge is -2.50. The highest BCUT2D eigenvalue weighted by atomic mass is 16.5. The van der Waals surface area contributed by atoms with Gasteiger partial charge in [-0.15, -0.1) is 0 Å². The van der Waals surface area contributed by atoms with Crippen molar-refractivity contribution in [2.45, 2.75) is 32.2 Å². The van der Waals surface area contributed by atoms with Gasteiger partial charge in [0.1, 0.15) is 11.3 Å². The number of hydrogen-bond donors (Lipinski definition) is 1. The summed E-state index contributed by atoms with van der Waals surface area (Å²) in [7, 11) is 2.77. The summed E-state index contributed by atoms with van der Waals surface area (Å²) >= 11 is 0. The smallest absolute Gasteiger partial charge is 0.335 e. The van der Waals surface area contributed by atoms with E-state index in [0.29, 0.717) is 36.4 Å². The monoisotopic (exact) mass is 571 g/mol. The van der Waals surface area contributed by atoms with E-state index in [1.165, 1.54) is 20.2 Å². The maximum Gasteiger partial charge on any atom is 0.335 e. The topological polar surface area (TPSA) is 137 Å². The van der Waals surface area contributed by atoms with Crippen LogP contribution in [0.3, 0.4) is 0 Å². The van der Waals surface area contributed by atoms with Gasteiger partial charge in [0.2, 0.25) is 11.8 Å². The Morgan fingerprint density at radius 1 is 0.976 bits per heavy atom. The molecule has 4 aliphatic heterocycles. The van der Waals surface area contributed by atoms with Crippen molar-refractivity contribution in [3.05, 3.63) is 59.2 Å². The number of carbonyl (C=O) groups excluding carboxylic acids is 6. The second kappa shape index (κ2) is 9.82. The first-order chi connectivity index (χ1) is 20.1. The van der Waals surface area contributed by atoms with Crippen LogP contribution in [-0.4, -0.2) is 78.8 Å². The quantitative estimate of drug-likeness (QED) is 0.336. The lowest BCUT2D eigenvalue weighted by Crippen LogP contribution is -2.70. The highest BCUT2D eigenvalue weighted by Crippen LogP contribution is 2.49. The summed E-state index contributed by atoms with van der Waals surface area (Å²) in [5, 5.41) is 2.22. The third kappa shape index (κ3) is 3.89. The third-order valence-corrected chi connectivity index (χ3v) is 8.47. The molecule has 2 aromatic rings. The summed E-state index contributed by atoms with van der Waals surface area (Å²) in [5.74, 6) is -2.12. The molecule has 0 aliphatic carbocycles. The van der Waals surface area contributed by atoms with Gasteiger partial charge in [-0.2, -0.15) is 0 Å². The molecule has 6 rings (SSSR count). The number of anilines is 2. The van der Waals surface area contributed by atoms with E-state index in [1.54, 1.807) is 36.4 Å². The molecule has 1 N–H and O–H groups in total. The van der Waals surface area contributed by atoms with Crippen molar-refractivity contribution in [2.75, 3.05) is 37.0 Å². The van der Waals surface area contributed by atoms with Gasteiger partial charge in [0.25, 0.3) is 11.8 Å². The number of imide groups is 4. The molecule has 1 atom stereocenters. The van der Waals surface area contributed by atoms with Gasteiger partial charge in [0.05, 0.1) is 18.3 Å². The zero-order valence-corrected chi connectivity index (χ0v) is 23.4. The van der Waals surface area contributed by atoms with Crippen LogP contribution in [0.1, 0.15) is 30.9 Å². The Morgan fingerprint density at radius 2 is 1.67 bits per heavy atom. The van der Waals surface area contributed by atoms with Crippen molar-refractivity contribution in [1.82, 2.24) is 15.1 Å². The summed E-state index contributed by atoms with van der Waals surface area (Å²) in [6.45, 7) is 2.94. The Hall–Kier alpha value is -5.00. The van der Waals surface area contributed by atoms with Gasteiger partial charge in [-0.3, -0.25) is 34.3 Å². The van der Waals surface area contributed by atoms with Gasteiger partial charge >= 0.3 is 12.1 Å². The van der Waals surface area contributed by atoms with E-state index in [-0.39, 0.29) is 17.7 Å². The maximum atomic E-state index is 13.6. The predicted octanol–water partition coefficient (Wildman–Crippen LogP) is 2.31. The normalized spacial score (nSPS) is 22.6. The Bertz CT molecular complexity index is 1570. The van der Waals surface area contributed by atoms with Crippen molar-refractivity contribution < 1.29 is 33.5 Å². The molecule has 4 heterocycles. The molecule has 0 saturated carbocycles. The highest BCUT2D eigenvalue weighted by Gasteiger charge is 2.63. The lowest BCUT2D eigenvalue weighted by molar-refractivity contribution is -0.159. The van der Waals surface area contributed by atoms with Crippen molar-refractivity contribution in [3.63, 3.8) is 0 Å². The zero-order chi connectivity index (χ0) is 29.9. The van der Waals surface area contributed by atoms with Gasteiger partial charge in [-0.1, -0.05) is 6.07 Å². The number of nitrogens with zero attached hydrogens (tertiary/aromatic N) is 4. The molecule has 0 radical (unpaired) electrons. The van der Waals surface area contributed by atoms with E-state index in [2.05, 4.69) is 5.32 Å². The first-order valence-electron chi connectivity index (χ1n) is 13.7. The molecule has 12 nitrogen and oxygen atoms in total. The SMILES string of the molecule is CCOc1ccc(N2C(=O)NC(=O)/C(=C\c3ccc4c(c3)CC3(C(=O)N(C)C(=O)N(C)C3=O)[C@@H]3CCCN43)C2=O)cc1. The number of urea groups is 2. The fraction of sp³-hybridized carbons (Fsp3) is 0.333. The van der Waals surface area contributed by atoms with Gasteiger partial charge in [0.15, 0.2) is 5.41 Å². The molecule has 8 amide bonds. The number of rotatable bonds is 4. The zero-order valence-electron chi connectivity index (χ0n) is 23.4. The number of fused-ring (bicyclic) bond motifs is 4. The van der Waals surface area contributed by atoms with E-state index < -0.39 is 47.1 Å². The van der Waals surface area contributed by atoms with Crippen molar-refractivity contribution >= 4 is 53.1 Å². The van der Waals surface area contributed by atoms with Crippen molar-refractivity contribution in [3.8, 4) is 5.75 Å². The first kappa shape index (κ1) is 27.2. The number of amides is 8. The Labute approximate surface area is 241 Å². The maximum absolute atomic E-state index is 13.6. The van der Waals surface area contributed by atoms with E-state index in [1.807, 2.05) is 17.9 Å². The number of carbonyl (C=O) groups is 6. The second-order valence-electron chi connectivity index (χ2n) is 10.8. The van der Waals surface area contributed by atoms with Gasteiger partial charge in [-0.05, 0) is 79.8 Å². The molecule has 0 unspecified atom stereocenters. The number of hydrogen-bond acceptors (Lipinski definition) is 8. The largest absolute Gasteiger partial charge is 0.494 e. The van der Waals surface area contributed by atoms with Gasteiger partial charge in [0, 0.05) is 26.3 Å². The molecule has 1 spiro atoms.